The summed E-state index contributed by atoms with van der Waals surface area (Å²) in [6, 6.07) is 14.9. The molecule has 0 aromatic heterocycles. The predicted octanol–water partition coefficient (Wildman–Crippen LogP) is 3.55. The Labute approximate surface area is 195 Å². The molecule has 3 N–H and O–H groups in total. The van der Waals surface area contributed by atoms with Gasteiger partial charge in [-0.05, 0) is 80.3 Å². The third kappa shape index (κ3) is 5.81. The van der Waals surface area contributed by atoms with E-state index in [9.17, 15) is 18.0 Å². The quantitative estimate of drug-likeness (QED) is 0.522. The minimum atomic E-state index is -3.62. The first kappa shape index (κ1) is 23.4. The third-order valence-corrected chi connectivity index (χ3v) is 8.47. The van der Waals surface area contributed by atoms with Gasteiger partial charge < -0.3 is 10.6 Å². The van der Waals surface area contributed by atoms with E-state index in [1.807, 2.05) is 13.0 Å². The standard InChI is InChI=1S/C25H31N3O4S/c1-17(23-16-18-7-8-20(23)15-18)28-33(31,32)22-11-9-21(10-12-22)27-24(29)13-14-26-25(30)19-5-3-2-4-6-19/h2-6,9-12,17-18,20,23,28H,7-8,13-16H2,1H3,(H,26,30)(H,27,29). The molecule has 176 valence electrons. The summed E-state index contributed by atoms with van der Waals surface area (Å²) in [5.41, 5.74) is 1.05. The lowest BCUT2D eigenvalue weighted by molar-refractivity contribution is -0.116. The Kier molecular flexibility index (Phi) is 7.14. The van der Waals surface area contributed by atoms with Crippen molar-refractivity contribution in [1.82, 2.24) is 10.0 Å². The van der Waals surface area contributed by atoms with Crippen LogP contribution in [0.15, 0.2) is 59.5 Å². The van der Waals surface area contributed by atoms with Gasteiger partial charge in [0, 0.05) is 30.3 Å². The maximum absolute atomic E-state index is 12.8. The van der Waals surface area contributed by atoms with Crippen LogP contribution in [0.5, 0.6) is 0 Å². The number of amides is 2. The highest BCUT2D eigenvalue weighted by Crippen LogP contribution is 2.49. The number of anilines is 1. The topological polar surface area (TPSA) is 104 Å². The molecule has 2 aliphatic carbocycles. The van der Waals surface area contributed by atoms with Crippen molar-refractivity contribution in [3.8, 4) is 0 Å². The molecule has 2 amide bonds. The van der Waals surface area contributed by atoms with Gasteiger partial charge in [-0.2, -0.15) is 0 Å². The van der Waals surface area contributed by atoms with E-state index in [1.165, 1.54) is 31.4 Å². The Morgan fingerprint density at radius 1 is 1.00 bits per heavy atom. The number of fused-ring (bicyclic) bond motifs is 2. The van der Waals surface area contributed by atoms with Gasteiger partial charge in [0.1, 0.15) is 0 Å². The highest BCUT2D eigenvalue weighted by atomic mass is 32.2. The van der Waals surface area contributed by atoms with Crippen molar-refractivity contribution in [1.29, 1.82) is 0 Å². The van der Waals surface area contributed by atoms with Crippen LogP contribution in [0.3, 0.4) is 0 Å². The molecule has 2 bridgehead atoms. The van der Waals surface area contributed by atoms with Crippen LogP contribution in [0.1, 0.15) is 49.4 Å². The zero-order chi connectivity index (χ0) is 23.4. The van der Waals surface area contributed by atoms with Crippen LogP contribution in [-0.4, -0.2) is 32.8 Å². The van der Waals surface area contributed by atoms with Crippen LogP contribution in [0.25, 0.3) is 0 Å². The normalized spacial score (nSPS) is 22.6. The summed E-state index contributed by atoms with van der Waals surface area (Å²) < 4.78 is 28.5. The fourth-order valence-electron chi connectivity index (χ4n) is 5.23. The Balaban J connectivity index is 1.25. The molecule has 4 rings (SSSR count). The van der Waals surface area contributed by atoms with E-state index in [2.05, 4.69) is 15.4 Å². The number of carbonyl (C=O) groups excluding carboxylic acids is 2. The summed E-state index contributed by atoms with van der Waals surface area (Å²) in [5.74, 6) is 1.33. The fraction of sp³-hybridized carbons (Fsp3) is 0.440. The molecular formula is C25H31N3O4S. The van der Waals surface area contributed by atoms with Crippen molar-refractivity contribution in [2.75, 3.05) is 11.9 Å². The molecule has 0 aliphatic heterocycles. The van der Waals surface area contributed by atoms with Crippen molar-refractivity contribution in [2.24, 2.45) is 17.8 Å². The predicted molar refractivity (Wildman–Crippen MR) is 127 cm³/mol. The van der Waals surface area contributed by atoms with E-state index >= 15 is 0 Å². The van der Waals surface area contributed by atoms with Crippen LogP contribution in [-0.2, 0) is 14.8 Å². The molecule has 0 saturated heterocycles. The van der Waals surface area contributed by atoms with Crippen molar-refractivity contribution in [3.63, 3.8) is 0 Å². The molecule has 2 aromatic carbocycles. The molecule has 4 unspecified atom stereocenters. The number of nitrogens with one attached hydrogen (secondary N) is 3. The third-order valence-electron chi connectivity index (χ3n) is 6.90. The molecule has 2 saturated carbocycles. The van der Waals surface area contributed by atoms with Gasteiger partial charge in [0.15, 0.2) is 0 Å². The van der Waals surface area contributed by atoms with Crippen molar-refractivity contribution >= 4 is 27.5 Å². The van der Waals surface area contributed by atoms with Crippen molar-refractivity contribution < 1.29 is 18.0 Å². The highest BCUT2D eigenvalue weighted by Gasteiger charge is 2.42. The Bertz CT molecular complexity index is 1090. The average molecular weight is 470 g/mol. The lowest BCUT2D eigenvalue weighted by Crippen LogP contribution is -2.40. The Morgan fingerprint density at radius 2 is 1.73 bits per heavy atom. The van der Waals surface area contributed by atoms with E-state index in [0.29, 0.717) is 23.1 Å². The lowest BCUT2D eigenvalue weighted by Gasteiger charge is -2.28. The van der Waals surface area contributed by atoms with Gasteiger partial charge in [-0.3, -0.25) is 9.59 Å². The number of carbonyl (C=O) groups is 2. The van der Waals surface area contributed by atoms with E-state index < -0.39 is 10.0 Å². The number of rotatable bonds is 9. The summed E-state index contributed by atoms with van der Waals surface area (Å²) in [4.78, 5) is 24.4. The zero-order valence-electron chi connectivity index (χ0n) is 18.8. The lowest BCUT2D eigenvalue weighted by atomic mass is 9.84. The fourth-order valence-corrected chi connectivity index (χ4v) is 6.52. The molecule has 7 nitrogen and oxygen atoms in total. The number of sulfonamides is 1. The van der Waals surface area contributed by atoms with Gasteiger partial charge in [-0.25, -0.2) is 13.1 Å². The maximum atomic E-state index is 12.8. The van der Waals surface area contributed by atoms with Crippen molar-refractivity contribution in [2.45, 2.75) is 50.0 Å². The number of hydrogen-bond donors (Lipinski definition) is 3. The van der Waals surface area contributed by atoms with Gasteiger partial charge in [-0.1, -0.05) is 24.6 Å². The zero-order valence-corrected chi connectivity index (χ0v) is 19.6. The molecule has 2 fully saturated rings. The Hall–Kier alpha value is -2.71. The first-order valence-electron chi connectivity index (χ1n) is 11.6. The van der Waals surface area contributed by atoms with Crippen LogP contribution >= 0.6 is 0 Å². The summed E-state index contributed by atoms with van der Waals surface area (Å²) in [7, 11) is -3.62. The summed E-state index contributed by atoms with van der Waals surface area (Å²) >= 11 is 0. The second kappa shape index (κ2) is 10.1. The minimum absolute atomic E-state index is 0.0872. The molecule has 2 aliphatic rings. The minimum Gasteiger partial charge on any atom is -0.352 e. The van der Waals surface area contributed by atoms with Gasteiger partial charge in [-0.15, -0.1) is 0 Å². The molecule has 4 atom stereocenters. The van der Waals surface area contributed by atoms with E-state index in [1.54, 1.807) is 36.4 Å². The van der Waals surface area contributed by atoms with Gasteiger partial charge in [0.25, 0.3) is 5.91 Å². The number of hydrogen-bond acceptors (Lipinski definition) is 4. The van der Waals surface area contributed by atoms with Gasteiger partial charge in [0.2, 0.25) is 15.9 Å². The molecule has 0 spiro atoms. The molecule has 33 heavy (non-hydrogen) atoms. The Morgan fingerprint density at radius 3 is 2.36 bits per heavy atom. The van der Waals surface area contributed by atoms with Gasteiger partial charge in [0.05, 0.1) is 4.90 Å². The second-order valence-corrected chi connectivity index (χ2v) is 10.9. The molecular weight excluding hydrogens is 438 g/mol. The summed E-state index contributed by atoms with van der Waals surface area (Å²) in [6.07, 6.45) is 4.96. The maximum Gasteiger partial charge on any atom is 0.251 e. The van der Waals surface area contributed by atoms with Crippen molar-refractivity contribution in [3.05, 3.63) is 60.2 Å². The van der Waals surface area contributed by atoms with Gasteiger partial charge >= 0.3 is 0 Å². The van der Waals surface area contributed by atoms with E-state index in [-0.39, 0.29) is 35.7 Å². The summed E-state index contributed by atoms with van der Waals surface area (Å²) in [5, 5.41) is 5.44. The molecule has 0 radical (unpaired) electrons. The first-order chi connectivity index (χ1) is 15.8. The SMILES string of the molecule is CC(NS(=O)(=O)c1ccc(NC(=O)CCNC(=O)c2ccccc2)cc1)C1CC2CCC1C2. The van der Waals surface area contributed by atoms with Crippen LogP contribution < -0.4 is 15.4 Å². The monoisotopic (exact) mass is 469 g/mol. The van der Waals surface area contributed by atoms with Crippen LogP contribution in [0, 0.1) is 17.8 Å². The first-order valence-corrected chi connectivity index (χ1v) is 13.1. The number of benzene rings is 2. The smallest absolute Gasteiger partial charge is 0.251 e. The van der Waals surface area contributed by atoms with E-state index in [4.69, 9.17) is 0 Å². The average Bonchev–Trinajstić information content (AvgIpc) is 3.44. The summed E-state index contributed by atoms with van der Waals surface area (Å²) in [6.45, 7) is 2.17. The molecule has 0 heterocycles. The highest BCUT2D eigenvalue weighted by molar-refractivity contribution is 7.89. The molecule has 8 heteroatoms. The molecule has 2 aromatic rings. The van der Waals surface area contributed by atoms with Crippen LogP contribution in [0.4, 0.5) is 5.69 Å². The van der Waals surface area contributed by atoms with Crippen LogP contribution in [0.2, 0.25) is 0 Å². The largest absolute Gasteiger partial charge is 0.352 e. The second-order valence-electron chi connectivity index (χ2n) is 9.19. The van der Waals surface area contributed by atoms with E-state index in [0.717, 1.165) is 12.3 Å².